The minimum atomic E-state index is -0.316. The molecule has 6 heteroatoms. The summed E-state index contributed by atoms with van der Waals surface area (Å²) in [6, 6.07) is 8.27. The van der Waals surface area contributed by atoms with Gasteiger partial charge < -0.3 is 15.0 Å². The predicted molar refractivity (Wildman–Crippen MR) is 108 cm³/mol. The predicted octanol–water partition coefficient (Wildman–Crippen LogP) is 2.11. The van der Waals surface area contributed by atoms with Crippen molar-refractivity contribution in [2.45, 2.75) is 51.6 Å². The normalized spacial score (nSPS) is 20.1. The van der Waals surface area contributed by atoms with Gasteiger partial charge in [0.25, 0.3) is 0 Å². The van der Waals surface area contributed by atoms with Crippen LogP contribution < -0.4 is 5.73 Å². The molecule has 0 bridgehead atoms. The molecule has 1 aromatic carbocycles. The Morgan fingerprint density at radius 3 is 2.89 bits per heavy atom. The SMILES string of the molecule is CC(C)COC(=O)[C@H](Cc1ncn2c1CCc1ccccc1-2)N1CC[C@H](N)C1. The summed E-state index contributed by atoms with van der Waals surface area (Å²) in [7, 11) is 0. The first-order valence-corrected chi connectivity index (χ1v) is 10.3. The molecule has 2 aliphatic heterocycles. The molecule has 1 fully saturated rings. The first-order valence-electron chi connectivity index (χ1n) is 10.3. The van der Waals surface area contributed by atoms with E-state index >= 15 is 0 Å². The molecule has 0 unspecified atom stereocenters. The van der Waals surface area contributed by atoms with Gasteiger partial charge in [0.2, 0.25) is 0 Å². The summed E-state index contributed by atoms with van der Waals surface area (Å²) in [5.41, 5.74) is 10.9. The standard InChI is InChI=1S/C22H30N4O2/c1-15(2)13-28-22(27)21(25-10-9-17(23)12-25)11-18-20-8-7-16-5-3-4-6-19(16)26(20)14-24-18/h3-6,14-15,17,21H,7-13,23H2,1-2H3/t17-,21-/m0/s1. The van der Waals surface area contributed by atoms with Gasteiger partial charge in [-0.2, -0.15) is 0 Å². The van der Waals surface area contributed by atoms with Crippen LogP contribution in [0.4, 0.5) is 0 Å². The lowest BCUT2D eigenvalue weighted by atomic mass is 9.98. The van der Waals surface area contributed by atoms with Crippen LogP contribution in [-0.2, 0) is 28.8 Å². The van der Waals surface area contributed by atoms with Crippen LogP contribution in [0.3, 0.4) is 0 Å². The molecule has 0 radical (unpaired) electrons. The van der Waals surface area contributed by atoms with E-state index in [1.165, 1.54) is 16.9 Å². The average Bonchev–Trinajstić information content (AvgIpc) is 3.30. The highest BCUT2D eigenvalue weighted by atomic mass is 16.5. The molecular weight excluding hydrogens is 352 g/mol. The van der Waals surface area contributed by atoms with E-state index in [0.717, 1.165) is 38.0 Å². The third-order valence-electron chi connectivity index (χ3n) is 5.75. The fourth-order valence-corrected chi connectivity index (χ4v) is 4.25. The zero-order valence-corrected chi connectivity index (χ0v) is 16.8. The topological polar surface area (TPSA) is 73.4 Å². The average molecular weight is 383 g/mol. The molecule has 3 heterocycles. The van der Waals surface area contributed by atoms with E-state index in [9.17, 15) is 4.79 Å². The minimum absolute atomic E-state index is 0.128. The van der Waals surface area contributed by atoms with Crippen molar-refractivity contribution in [3.63, 3.8) is 0 Å². The summed E-state index contributed by atoms with van der Waals surface area (Å²) < 4.78 is 7.79. The maximum Gasteiger partial charge on any atom is 0.323 e. The van der Waals surface area contributed by atoms with Crippen molar-refractivity contribution in [3.05, 3.63) is 47.5 Å². The number of benzene rings is 1. The molecule has 0 amide bonds. The van der Waals surface area contributed by atoms with Crippen LogP contribution in [0.25, 0.3) is 5.69 Å². The monoisotopic (exact) mass is 382 g/mol. The van der Waals surface area contributed by atoms with E-state index in [4.69, 9.17) is 15.5 Å². The molecule has 0 saturated carbocycles. The Balaban J connectivity index is 1.58. The molecule has 0 aliphatic carbocycles. The van der Waals surface area contributed by atoms with Crippen LogP contribution >= 0.6 is 0 Å². The Bertz CT molecular complexity index is 845. The number of aryl methyl sites for hydroxylation is 1. The number of nitrogens with zero attached hydrogens (tertiary/aromatic N) is 3. The molecule has 1 saturated heterocycles. The maximum atomic E-state index is 12.9. The van der Waals surface area contributed by atoms with Crippen LogP contribution in [0.2, 0.25) is 0 Å². The van der Waals surface area contributed by atoms with E-state index < -0.39 is 0 Å². The van der Waals surface area contributed by atoms with Crippen LogP contribution in [0.15, 0.2) is 30.6 Å². The second-order valence-corrected chi connectivity index (χ2v) is 8.42. The molecule has 6 nitrogen and oxygen atoms in total. The lowest BCUT2D eigenvalue weighted by Crippen LogP contribution is -2.44. The van der Waals surface area contributed by atoms with Crippen molar-refractivity contribution < 1.29 is 9.53 Å². The molecule has 150 valence electrons. The largest absolute Gasteiger partial charge is 0.464 e. The summed E-state index contributed by atoms with van der Waals surface area (Å²) in [5, 5.41) is 0. The van der Waals surface area contributed by atoms with Crippen LogP contribution in [0.1, 0.15) is 37.2 Å². The lowest BCUT2D eigenvalue weighted by Gasteiger charge is -2.27. The molecule has 4 rings (SSSR count). The smallest absolute Gasteiger partial charge is 0.323 e. The summed E-state index contributed by atoms with van der Waals surface area (Å²) in [6.07, 6.45) is 5.34. The number of para-hydroxylation sites is 1. The van der Waals surface area contributed by atoms with Crippen molar-refractivity contribution in [2.24, 2.45) is 11.7 Å². The zero-order valence-electron chi connectivity index (χ0n) is 16.8. The van der Waals surface area contributed by atoms with Gasteiger partial charge in [-0.25, -0.2) is 4.98 Å². The zero-order chi connectivity index (χ0) is 19.7. The summed E-state index contributed by atoms with van der Waals surface area (Å²) in [4.78, 5) is 19.8. The second kappa shape index (κ2) is 8.05. The van der Waals surface area contributed by atoms with Gasteiger partial charge in [0.15, 0.2) is 0 Å². The number of nitrogens with two attached hydrogens (primary N) is 1. The summed E-state index contributed by atoms with van der Waals surface area (Å²) in [5.74, 6) is 0.170. The van der Waals surface area contributed by atoms with Crippen LogP contribution in [0, 0.1) is 5.92 Å². The first kappa shape index (κ1) is 19.2. The Hall–Kier alpha value is -2.18. The van der Waals surface area contributed by atoms with Gasteiger partial charge in [-0.1, -0.05) is 32.0 Å². The molecule has 2 aliphatic rings. The van der Waals surface area contributed by atoms with E-state index in [1.807, 2.05) is 6.33 Å². The molecule has 2 N–H and O–H groups in total. The number of fused-ring (bicyclic) bond motifs is 3. The number of imidazole rings is 1. The van der Waals surface area contributed by atoms with Gasteiger partial charge in [0.05, 0.1) is 18.6 Å². The third kappa shape index (κ3) is 3.84. The maximum absolute atomic E-state index is 12.9. The van der Waals surface area contributed by atoms with Gasteiger partial charge in [0.1, 0.15) is 6.04 Å². The summed E-state index contributed by atoms with van der Waals surface area (Å²) >= 11 is 0. The van der Waals surface area contributed by atoms with Crippen LogP contribution in [-0.4, -0.2) is 52.2 Å². The molecule has 2 aromatic rings. The van der Waals surface area contributed by atoms with E-state index in [2.05, 4.69) is 47.6 Å². The van der Waals surface area contributed by atoms with Crippen molar-refractivity contribution in [1.29, 1.82) is 0 Å². The van der Waals surface area contributed by atoms with E-state index in [0.29, 0.717) is 18.9 Å². The highest BCUT2D eigenvalue weighted by Gasteiger charge is 2.34. The lowest BCUT2D eigenvalue weighted by molar-refractivity contribution is -0.150. The number of carbonyl (C=O) groups excluding carboxylic acids is 1. The van der Waals surface area contributed by atoms with Gasteiger partial charge in [-0.15, -0.1) is 0 Å². The molecule has 1 aromatic heterocycles. The number of esters is 1. The quantitative estimate of drug-likeness (QED) is 0.775. The van der Waals surface area contributed by atoms with Gasteiger partial charge in [-0.05, 0) is 36.8 Å². The molecule has 2 atom stereocenters. The Kier molecular flexibility index (Phi) is 5.51. The van der Waals surface area contributed by atoms with Crippen molar-refractivity contribution in [2.75, 3.05) is 19.7 Å². The fraction of sp³-hybridized carbons (Fsp3) is 0.545. The number of likely N-dealkylation sites (tertiary alicyclic amines) is 1. The number of rotatable bonds is 6. The third-order valence-corrected chi connectivity index (χ3v) is 5.75. The molecule has 28 heavy (non-hydrogen) atoms. The Labute approximate surface area is 166 Å². The van der Waals surface area contributed by atoms with Crippen molar-refractivity contribution in [3.8, 4) is 5.69 Å². The number of carbonyl (C=O) groups is 1. The number of aromatic nitrogens is 2. The Morgan fingerprint density at radius 1 is 1.32 bits per heavy atom. The number of hydrogen-bond donors (Lipinski definition) is 1. The molecular formula is C22H30N4O2. The minimum Gasteiger partial charge on any atom is -0.464 e. The second-order valence-electron chi connectivity index (χ2n) is 8.42. The Morgan fingerprint density at radius 2 is 2.14 bits per heavy atom. The molecule has 0 spiro atoms. The van der Waals surface area contributed by atoms with E-state index in [1.54, 1.807) is 0 Å². The summed E-state index contributed by atoms with van der Waals surface area (Å²) in [6.45, 7) is 6.13. The van der Waals surface area contributed by atoms with Crippen molar-refractivity contribution >= 4 is 5.97 Å². The first-order chi connectivity index (χ1) is 13.5. The number of ether oxygens (including phenoxy) is 1. The van der Waals surface area contributed by atoms with Crippen LogP contribution in [0.5, 0.6) is 0 Å². The van der Waals surface area contributed by atoms with E-state index in [-0.39, 0.29) is 18.1 Å². The van der Waals surface area contributed by atoms with Gasteiger partial charge in [0, 0.05) is 36.9 Å². The number of hydrogen-bond acceptors (Lipinski definition) is 5. The van der Waals surface area contributed by atoms with Gasteiger partial charge >= 0.3 is 5.97 Å². The highest BCUT2D eigenvalue weighted by molar-refractivity contribution is 5.76. The highest BCUT2D eigenvalue weighted by Crippen LogP contribution is 2.28. The van der Waals surface area contributed by atoms with Gasteiger partial charge in [-0.3, -0.25) is 9.69 Å². The van der Waals surface area contributed by atoms with Crippen molar-refractivity contribution in [1.82, 2.24) is 14.5 Å². The fourth-order valence-electron chi connectivity index (χ4n) is 4.25.